The largest absolute Gasteiger partial charge is 0.337 e. The number of H-pyrrole nitrogens is 1. The maximum absolute atomic E-state index is 12.4. The molecular formula is C20H16N2O2S2. The number of aromatic amines is 1. The van der Waals surface area contributed by atoms with Crippen LogP contribution in [-0.4, -0.2) is 17.8 Å². The van der Waals surface area contributed by atoms with Crippen LogP contribution in [0.15, 0.2) is 58.2 Å². The van der Waals surface area contributed by atoms with Gasteiger partial charge in [-0.25, -0.2) is 0 Å². The Morgan fingerprint density at radius 3 is 2.58 bits per heavy atom. The number of benzene rings is 2. The van der Waals surface area contributed by atoms with E-state index in [0.717, 1.165) is 21.2 Å². The molecule has 0 unspecified atom stereocenters. The van der Waals surface area contributed by atoms with Crippen molar-refractivity contribution in [3.8, 4) is 0 Å². The van der Waals surface area contributed by atoms with E-state index in [4.69, 9.17) is 0 Å². The van der Waals surface area contributed by atoms with Crippen molar-refractivity contribution >= 4 is 45.7 Å². The molecule has 2 heterocycles. The number of thioether (sulfide) groups is 1. The normalized spacial score (nSPS) is 16.1. The molecule has 1 N–H and O–H groups in total. The van der Waals surface area contributed by atoms with Gasteiger partial charge in [0.05, 0.1) is 10.4 Å². The fourth-order valence-electron chi connectivity index (χ4n) is 2.78. The number of para-hydroxylation sites is 1. The lowest BCUT2D eigenvalue weighted by atomic mass is 10.1. The van der Waals surface area contributed by atoms with Crippen LogP contribution in [0.4, 0.5) is 5.69 Å². The molecule has 4 rings (SSSR count). The maximum atomic E-state index is 12.4. The van der Waals surface area contributed by atoms with Gasteiger partial charge >= 0.3 is 0 Å². The van der Waals surface area contributed by atoms with Gasteiger partial charge in [0.25, 0.3) is 5.56 Å². The number of nitrogens with one attached hydrogen (secondary N) is 1. The topological polar surface area (TPSA) is 53.2 Å². The lowest BCUT2D eigenvalue weighted by Gasteiger charge is -2.11. The van der Waals surface area contributed by atoms with Gasteiger partial charge in [0.15, 0.2) is 5.78 Å². The van der Waals surface area contributed by atoms with Crippen molar-refractivity contribution in [2.24, 2.45) is 0 Å². The van der Waals surface area contributed by atoms with E-state index in [1.165, 1.54) is 17.4 Å². The lowest BCUT2D eigenvalue weighted by molar-refractivity contribution is 0.106. The summed E-state index contributed by atoms with van der Waals surface area (Å²) in [6.45, 7) is 1.98. The van der Waals surface area contributed by atoms with Gasteiger partial charge in [-0.1, -0.05) is 53.7 Å². The fraction of sp³-hybridized carbons (Fsp3) is 0.100. The summed E-state index contributed by atoms with van der Waals surface area (Å²) in [4.78, 5) is 30.8. The molecule has 1 aliphatic rings. The second-order valence-electron chi connectivity index (χ2n) is 6.06. The Morgan fingerprint density at radius 1 is 1.12 bits per heavy atom. The minimum absolute atomic E-state index is 0.116. The van der Waals surface area contributed by atoms with Crippen molar-refractivity contribution in [1.29, 1.82) is 0 Å². The van der Waals surface area contributed by atoms with Gasteiger partial charge in [-0.2, -0.15) is 0 Å². The zero-order chi connectivity index (χ0) is 18.3. The number of thiazole rings is 1. The number of anilines is 1. The molecule has 4 nitrogen and oxygen atoms in total. The van der Waals surface area contributed by atoms with E-state index in [1.54, 1.807) is 23.9 Å². The van der Waals surface area contributed by atoms with Gasteiger partial charge in [0, 0.05) is 23.6 Å². The van der Waals surface area contributed by atoms with E-state index in [9.17, 15) is 9.59 Å². The molecule has 0 bridgehead atoms. The van der Waals surface area contributed by atoms with Crippen molar-refractivity contribution in [2.45, 2.75) is 11.8 Å². The second kappa shape index (κ2) is 6.63. The number of hydrogen-bond acceptors (Lipinski definition) is 5. The Morgan fingerprint density at radius 2 is 1.85 bits per heavy atom. The van der Waals surface area contributed by atoms with Gasteiger partial charge in [-0.15, -0.1) is 11.3 Å². The predicted octanol–water partition coefficient (Wildman–Crippen LogP) is 2.72. The number of carbonyl (C=O) groups is 1. The van der Waals surface area contributed by atoms with Crippen molar-refractivity contribution in [3.63, 3.8) is 0 Å². The molecule has 0 saturated heterocycles. The maximum Gasteiger partial charge on any atom is 0.269 e. The first-order valence-electron chi connectivity index (χ1n) is 8.10. The van der Waals surface area contributed by atoms with E-state index >= 15 is 0 Å². The van der Waals surface area contributed by atoms with E-state index in [2.05, 4.69) is 4.98 Å². The number of aromatic nitrogens is 1. The average Bonchev–Trinajstić information content (AvgIpc) is 3.15. The summed E-state index contributed by atoms with van der Waals surface area (Å²) in [5.74, 6) is -0.116. The average molecular weight is 380 g/mol. The molecule has 0 radical (unpaired) electrons. The summed E-state index contributed by atoms with van der Waals surface area (Å²) < 4.78 is 1.18. The van der Waals surface area contributed by atoms with Crippen LogP contribution in [0.5, 0.6) is 0 Å². The molecule has 6 heteroatoms. The summed E-state index contributed by atoms with van der Waals surface area (Å²) in [6.07, 6.45) is 1.49. The van der Waals surface area contributed by atoms with Crippen LogP contribution < -0.4 is 19.7 Å². The van der Waals surface area contributed by atoms with Crippen LogP contribution in [-0.2, 0) is 0 Å². The number of Topliss-reactive ketones (excluding diaryl/α,β-unsaturated/α-hetero) is 1. The van der Waals surface area contributed by atoms with Crippen molar-refractivity contribution in [2.75, 3.05) is 11.9 Å². The minimum atomic E-state index is -0.167. The molecule has 0 amide bonds. The monoisotopic (exact) mass is 380 g/mol. The first-order valence-corrected chi connectivity index (χ1v) is 9.73. The molecule has 26 heavy (non-hydrogen) atoms. The van der Waals surface area contributed by atoms with Crippen molar-refractivity contribution in [1.82, 2.24) is 4.98 Å². The van der Waals surface area contributed by atoms with Crippen LogP contribution >= 0.6 is 23.1 Å². The second-order valence-corrected chi connectivity index (χ2v) is 8.14. The van der Waals surface area contributed by atoms with Crippen molar-refractivity contribution < 1.29 is 4.79 Å². The first kappa shape index (κ1) is 16.9. The summed E-state index contributed by atoms with van der Waals surface area (Å²) in [6, 6.07) is 15.4. The number of aryl methyl sites for hydroxylation is 1. The Balaban J connectivity index is 1.76. The van der Waals surface area contributed by atoms with E-state index < -0.39 is 0 Å². The SMILES string of the molecule is Cc1ccc(C(=O)/C=c2\[nH]c(=O)/c(=C3/Sc4ccccc4N3C)s2)cc1. The van der Waals surface area contributed by atoms with Crippen LogP contribution in [0.2, 0.25) is 0 Å². The molecule has 1 aliphatic heterocycles. The number of hydrogen-bond donors (Lipinski definition) is 1. The van der Waals surface area contributed by atoms with Gasteiger partial charge in [-0.3, -0.25) is 9.59 Å². The standard InChI is InChI=1S/C20H16N2O2S2/c1-12-7-9-13(10-8-12)15(23)11-17-21-19(24)18(26-17)20-22(2)14-5-3-4-6-16(14)25-20/h3-11H,1-2H3,(H,21,24)/b17-11+,20-18-. The number of ketones is 1. The highest BCUT2D eigenvalue weighted by Gasteiger charge is 2.23. The molecule has 130 valence electrons. The van der Waals surface area contributed by atoms with Gasteiger partial charge in [0.2, 0.25) is 0 Å². The predicted molar refractivity (Wildman–Crippen MR) is 108 cm³/mol. The van der Waals surface area contributed by atoms with E-state index in [0.29, 0.717) is 14.8 Å². The summed E-state index contributed by atoms with van der Waals surface area (Å²) >= 11 is 2.89. The summed E-state index contributed by atoms with van der Waals surface area (Å²) in [5, 5.41) is 0.889. The molecule has 2 aromatic carbocycles. The number of fused-ring (bicyclic) bond motifs is 1. The smallest absolute Gasteiger partial charge is 0.269 e. The van der Waals surface area contributed by atoms with Gasteiger partial charge in [0.1, 0.15) is 9.56 Å². The first-order chi connectivity index (χ1) is 12.5. The zero-order valence-electron chi connectivity index (χ0n) is 14.3. The van der Waals surface area contributed by atoms with E-state index in [-0.39, 0.29) is 11.3 Å². The number of nitrogens with zero attached hydrogens (tertiary/aromatic N) is 1. The zero-order valence-corrected chi connectivity index (χ0v) is 15.9. The highest BCUT2D eigenvalue weighted by Crippen LogP contribution is 2.44. The fourth-order valence-corrected chi connectivity index (χ4v) is 5.01. The number of rotatable bonds is 2. The van der Waals surface area contributed by atoms with Crippen LogP contribution in [0.25, 0.3) is 11.1 Å². The highest BCUT2D eigenvalue weighted by atomic mass is 32.2. The van der Waals surface area contributed by atoms with Gasteiger partial charge < -0.3 is 9.88 Å². The lowest BCUT2D eigenvalue weighted by Crippen LogP contribution is -2.26. The Hall–Kier alpha value is -2.57. The van der Waals surface area contributed by atoms with Crippen LogP contribution in [0, 0.1) is 6.92 Å². The summed E-state index contributed by atoms with van der Waals surface area (Å²) in [5.41, 5.74) is 2.63. The third kappa shape index (κ3) is 3.02. The van der Waals surface area contributed by atoms with Crippen LogP contribution in [0.1, 0.15) is 15.9 Å². The molecule has 1 aromatic heterocycles. The quantitative estimate of drug-likeness (QED) is 0.695. The summed E-state index contributed by atoms with van der Waals surface area (Å²) in [7, 11) is 1.95. The Labute approximate surface area is 158 Å². The van der Waals surface area contributed by atoms with E-state index in [1.807, 2.05) is 55.3 Å². The molecule has 0 spiro atoms. The Bertz CT molecular complexity index is 1170. The molecule has 0 fully saturated rings. The molecule has 0 saturated carbocycles. The van der Waals surface area contributed by atoms with Crippen LogP contribution in [0.3, 0.4) is 0 Å². The molecular weight excluding hydrogens is 364 g/mol. The molecule has 0 atom stereocenters. The highest BCUT2D eigenvalue weighted by molar-refractivity contribution is 8.08. The molecule has 3 aromatic rings. The third-order valence-electron chi connectivity index (χ3n) is 4.19. The molecule has 0 aliphatic carbocycles. The van der Waals surface area contributed by atoms with Crippen molar-refractivity contribution in [3.05, 3.63) is 79.2 Å². The minimum Gasteiger partial charge on any atom is -0.337 e. The number of carbonyl (C=O) groups excluding carboxylic acids is 1. The third-order valence-corrected chi connectivity index (χ3v) is 6.57. The van der Waals surface area contributed by atoms with Gasteiger partial charge in [-0.05, 0) is 19.1 Å². The Kier molecular flexibility index (Phi) is 4.30.